The molecule has 138 valence electrons. The highest BCUT2D eigenvalue weighted by molar-refractivity contribution is 7.14. The fourth-order valence-corrected chi connectivity index (χ4v) is 2.45. The Bertz CT molecular complexity index is 818. The lowest BCUT2D eigenvalue weighted by Gasteiger charge is -2.09. The second kappa shape index (κ2) is 7.95. The van der Waals surface area contributed by atoms with Crippen LogP contribution in [0.3, 0.4) is 0 Å². The third-order valence-corrected chi connectivity index (χ3v) is 3.58. The molecule has 7 nitrogen and oxygen atoms in total. The van der Waals surface area contributed by atoms with Crippen LogP contribution in [0.25, 0.3) is 0 Å². The van der Waals surface area contributed by atoms with E-state index in [1.165, 1.54) is 12.3 Å². The summed E-state index contributed by atoms with van der Waals surface area (Å²) in [6.07, 6.45) is -4.47. The number of aromatic nitrogens is 1. The van der Waals surface area contributed by atoms with Crippen molar-refractivity contribution in [2.75, 3.05) is 17.2 Å². The average molecular weight is 387 g/mol. The standard InChI is InChI=1S/C15H12F3N3O4S/c1-8(22)19-14-21-11(7-26-14)13(24)25-6-12(23)20-10-4-2-9(3-5-10)15(16,17)18/h2-5,7H,6H2,1H3,(H,20,23)(H,19,21,22). The first-order valence-electron chi connectivity index (χ1n) is 7.02. The van der Waals surface area contributed by atoms with Gasteiger partial charge in [-0.2, -0.15) is 13.2 Å². The molecule has 0 radical (unpaired) electrons. The Morgan fingerprint density at radius 3 is 2.38 bits per heavy atom. The van der Waals surface area contributed by atoms with Crippen molar-refractivity contribution in [3.8, 4) is 0 Å². The molecule has 2 N–H and O–H groups in total. The van der Waals surface area contributed by atoms with Gasteiger partial charge in [0.1, 0.15) is 0 Å². The molecule has 0 atom stereocenters. The van der Waals surface area contributed by atoms with Crippen LogP contribution in [-0.4, -0.2) is 29.4 Å². The highest BCUT2D eigenvalue weighted by atomic mass is 32.1. The van der Waals surface area contributed by atoms with Crippen molar-refractivity contribution in [1.29, 1.82) is 0 Å². The van der Waals surface area contributed by atoms with E-state index in [0.29, 0.717) is 0 Å². The van der Waals surface area contributed by atoms with Crippen molar-refractivity contribution in [2.45, 2.75) is 13.1 Å². The Kier molecular flexibility index (Phi) is 5.93. The summed E-state index contributed by atoms with van der Waals surface area (Å²) >= 11 is 1.01. The molecular formula is C15H12F3N3O4S. The lowest BCUT2D eigenvalue weighted by Crippen LogP contribution is -2.21. The number of thiazole rings is 1. The number of anilines is 2. The number of hydrogen-bond donors (Lipinski definition) is 2. The molecule has 2 amide bonds. The average Bonchev–Trinajstić information content (AvgIpc) is 3.00. The van der Waals surface area contributed by atoms with E-state index in [1.54, 1.807) is 0 Å². The van der Waals surface area contributed by atoms with E-state index < -0.39 is 30.2 Å². The SMILES string of the molecule is CC(=O)Nc1nc(C(=O)OCC(=O)Nc2ccc(C(F)(F)F)cc2)cs1. The van der Waals surface area contributed by atoms with Crippen molar-refractivity contribution in [1.82, 2.24) is 4.98 Å². The summed E-state index contributed by atoms with van der Waals surface area (Å²) in [5, 5.41) is 6.25. The molecule has 1 aromatic carbocycles. The molecule has 0 bridgehead atoms. The summed E-state index contributed by atoms with van der Waals surface area (Å²) < 4.78 is 42.1. The largest absolute Gasteiger partial charge is 0.451 e. The molecule has 1 aromatic heterocycles. The number of carbonyl (C=O) groups excluding carboxylic acids is 3. The summed E-state index contributed by atoms with van der Waals surface area (Å²) in [6.45, 7) is 0.637. The Morgan fingerprint density at radius 1 is 1.15 bits per heavy atom. The first kappa shape index (κ1) is 19.4. The molecule has 0 spiro atoms. The first-order valence-corrected chi connectivity index (χ1v) is 7.90. The molecule has 0 unspecified atom stereocenters. The van der Waals surface area contributed by atoms with Gasteiger partial charge in [0, 0.05) is 18.0 Å². The molecule has 0 aliphatic carbocycles. The number of esters is 1. The molecule has 0 fully saturated rings. The molecule has 2 rings (SSSR count). The first-order chi connectivity index (χ1) is 12.1. The minimum Gasteiger partial charge on any atom is -0.451 e. The zero-order valence-corrected chi connectivity index (χ0v) is 14.0. The Labute approximate surface area is 149 Å². The van der Waals surface area contributed by atoms with E-state index in [9.17, 15) is 27.6 Å². The smallest absolute Gasteiger partial charge is 0.416 e. The zero-order chi connectivity index (χ0) is 19.3. The molecule has 1 heterocycles. The third-order valence-electron chi connectivity index (χ3n) is 2.83. The molecule has 0 saturated carbocycles. The van der Waals surface area contributed by atoms with Gasteiger partial charge in [-0.3, -0.25) is 9.59 Å². The van der Waals surface area contributed by atoms with Crippen LogP contribution in [0.5, 0.6) is 0 Å². The minimum atomic E-state index is -4.47. The van der Waals surface area contributed by atoms with Crippen molar-refractivity contribution in [3.05, 3.63) is 40.9 Å². The molecule has 11 heteroatoms. The van der Waals surface area contributed by atoms with E-state index in [-0.39, 0.29) is 22.4 Å². The van der Waals surface area contributed by atoms with E-state index in [2.05, 4.69) is 15.6 Å². The second-order valence-corrected chi connectivity index (χ2v) is 5.78. The Hall–Kier alpha value is -2.95. The van der Waals surface area contributed by atoms with Gasteiger partial charge < -0.3 is 15.4 Å². The number of alkyl halides is 3. The number of nitrogens with one attached hydrogen (secondary N) is 2. The van der Waals surface area contributed by atoms with Crippen molar-refractivity contribution in [2.24, 2.45) is 0 Å². The number of rotatable bonds is 5. The van der Waals surface area contributed by atoms with E-state index in [0.717, 1.165) is 35.6 Å². The fraction of sp³-hybridized carbons (Fsp3) is 0.200. The summed E-state index contributed by atoms with van der Waals surface area (Å²) in [7, 11) is 0. The highest BCUT2D eigenvalue weighted by Gasteiger charge is 2.30. The molecule has 0 saturated heterocycles. The van der Waals surface area contributed by atoms with Gasteiger partial charge in [-0.1, -0.05) is 0 Å². The van der Waals surface area contributed by atoms with Crippen LogP contribution in [0.15, 0.2) is 29.6 Å². The van der Waals surface area contributed by atoms with Gasteiger partial charge in [-0.25, -0.2) is 9.78 Å². The summed E-state index contributed by atoms with van der Waals surface area (Å²) in [4.78, 5) is 38.2. The van der Waals surface area contributed by atoms with Crippen LogP contribution < -0.4 is 10.6 Å². The van der Waals surface area contributed by atoms with Gasteiger partial charge in [0.15, 0.2) is 17.4 Å². The number of ether oxygens (including phenoxy) is 1. The number of benzene rings is 1. The molecule has 26 heavy (non-hydrogen) atoms. The number of amides is 2. The third kappa shape index (κ3) is 5.55. The van der Waals surface area contributed by atoms with E-state index >= 15 is 0 Å². The summed E-state index contributed by atoms with van der Waals surface area (Å²) in [5.41, 5.74) is -0.804. The van der Waals surface area contributed by atoms with Gasteiger partial charge >= 0.3 is 12.1 Å². The molecule has 2 aromatic rings. The predicted molar refractivity (Wildman–Crippen MR) is 86.8 cm³/mol. The summed E-state index contributed by atoms with van der Waals surface area (Å²) in [5.74, 6) is -1.95. The maximum atomic E-state index is 12.5. The topological polar surface area (TPSA) is 97.4 Å². The monoisotopic (exact) mass is 387 g/mol. The molecule has 0 aliphatic heterocycles. The molecule has 0 aliphatic rings. The number of hydrogen-bond acceptors (Lipinski definition) is 6. The van der Waals surface area contributed by atoms with Gasteiger partial charge in [-0.05, 0) is 24.3 Å². The number of halogens is 3. The Balaban J connectivity index is 1.85. The van der Waals surface area contributed by atoms with Gasteiger partial charge in [0.2, 0.25) is 5.91 Å². The maximum absolute atomic E-state index is 12.5. The second-order valence-electron chi connectivity index (χ2n) is 4.92. The van der Waals surface area contributed by atoms with Crippen LogP contribution in [0, 0.1) is 0 Å². The lowest BCUT2D eigenvalue weighted by atomic mass is 10.2. The Morgan fingerprint density at radius 2 is 1.81 bits per heavy atom. The number of carbonyl (C=O) groups is 3. The lowest BCUT2D eigenvalue weighted by molar-refractivity contribution is -0.137. The quantitative estimate of drug-likeness (QED) is 0.769. The maximum Gasteiger partial charge on any atom is 0.416 e. The highest BCUT2D eigenvalue weighted by Crippen LogP contribution is 2.29. The van der Waals surface area contributed by atoms with E-state index in [4.69, 9.17) is 4.74 Å². The van der Waals surface area contributed by atoms with Crippen LogP contribution in [-0.2, 0) is 20.5 Å². The van der Waals surface area contributed by atoms with Crippen LogP contribution in [0.4, 0.5) is 24.0 Å². The van der Waals surface area contributed by atoms with Gasteiger partial charge in [0.25, 0.3) is 5.91 Å². The normalized spacial score (nSPS) is 10.9. The molecular weight excluding hydrogens is 375 g/mol. The summed E-state index contributed by atoms with van der Waals surface area (Å²) in [6, 6.07) is 3.81. The predicted octanol–water partition coefficient (Wildman–Crippen LogP) is 2.92. The van der Waals surface area contributed by atoms with Crippen LogP contribution in [0.2, 0.25) is 0 Å². The zero-order valence-electron chi connectivity index (χ0n) is 13.2. The fourth-order valence-electron chi connectivity index (χ4n) is 1.72. The van der Waals surface area contributed by atoms with Crippen molar-refractivity contribution >= 4 is 39.9 Å². The van der Waals surface area contributed by atoms with Crippen LogP contribution >= 0.6 is 11.3 Å². The van der Waals surface area contributed by atoms with E-state index in [1.807, 2.05) is 0 Å². The van der Waals surface area contributed by atoms with Crippen molar-refractivity contribution in [3.63, 3.8) is 0 Å². The van der Waals surface area contributed by atoms with Crippen LogP contribution in [0.1, 0.15) is 23.0 Å². The van der Waals surface area contributed by atoms with Gasteiger partial charge in [0.05, 0.1) is 5.56 Å². The van der Waals surface area contributed by atoms with Gasteiger partial charge in [-0.15, -0.1) is 11.3 Å². The van der Waals surface area contributed by atoms with Crippen molar-refractivity contribution < 1.29 is 32.3 Å². The minimum absolute atomic E-state index is 0.0823. The number of nitrogens with zero attached hydrogens (tertiary/aromatic N) is 1.